The summed E-state index contributed by atoms with van der Waals surface area (Å²) in [7, 11) is 0. The topological polar surface area (TPSA) is 49.4 Å². The van der Waals surface area contributed by atoms with Gasteiger partial charge in [-0.3, -0.25) is 9.59 Å². The van der Waals surface area contributed by atoms with Crippen molar-refractivity contribution >= 4 is 34.8 Å². The highest BCUT2D eigenvalue weighted by Crippen LogP contribution is 2.38. The second kappa shape index (κ2) is 5.95. The summed E-state index contributed by atoms with van der Waals surface area (Å²) in [6.45, 7) is 0.796. The third kappa shape index (κ3) is 2.57. The average molecular weight is 341 g/mol. The third-order valence-corrected chi connectivity index (χ3v) is 4.98. The van der Waals surface area contributed by atoms with Gasteiger partial charge in [0.25, 0.3) is 5.91 Å². The quantitative estimate of drug-likeness (QED) is 0.903. The van der Waals surface area contributed by atoms with E-state index in [0.717, 1.165) is 48.3 Å². The SMILES string of the molecule is O=C(Nc1cc2c3c(c1)CCC(=O)N3CCC2)c1ccccc1Cl. The standard InChI is InChI=1S/C19H17ClN2O2/c20-16-6-2-1-5-15(16)19(24)21-14-10-12-4-3-9-22-17(23)8-7-13(11-14)18(12)22/h1-2,5-6,10-11H,3-4,7-9H2,(H,21,24). The van der Waals surface area contributed by atoms with E-state index in [1.165, 1.54) is 0 Å². The van der Waals surface area contributed by atoms with E-state index in [-0.39, 0.29) is 11.8 Å². The molecule has 0 unspecified atom stereocenters. The fourth-order valence-electron chi connectivity index (χ4n) is 3.57. The molecule has 0 aliphatic carbocycles. The first-order chi connectivity index (χ1) is 11.6. The summed E-state index contributed by atoms with van der Waals surface area (Å²) in [5.41, 5.74) is 4.57. The van der Waals surface area contributed by atoms with Crippen LogP contribution in [0.4, 0.5) is 11.4 Å². The lowest BCUT2D eigenvalue weighted by molar-refractivity contribution is -0.119. The van der Waals surface area contributed by atoms with Crippen molar-refractivity contribution in [2.75, 3.05) is 16.8 Å². The number of benzene rings is 2. The van der Waals surface area contributed by atoms with Gasteiger partial charge in [-0.15, -0.1) is 0 Å². The van der Waals surface area contributed by atoms with Gasteiger partial charge in [0.15, 0.2) is 0 Å². The van der Waals surface area contributed by atoms with Crippen molar-refractivity contribution in [3.05, 3.63) is 58.1 Å². The zero-order valence-electron chi connectivity index (χ0n) is 13.1. The Morgan fingerprint density at radius 2 is 1.83 bits per heavy atom. The fourth-order valence-corrected chi connectivity index (χ4v) is 3.79. The number of halogens is 1. The Kier molecular flexibility index (Phi) is 3.77. The zero-order valence-corrected chi connectivity index (χ0v) is 13.9. The van der Waals surface area contributed by atoms with Gasteiger partial charge in [-0.25, -0.2) is 0 Å². The number of nitrogens with zero attached hydrogens (tertiary/aromatic N) is 1. The van der Waals surface area contributed by atoms with Crippen LogP contribution in [0.15, 0.2) is 36.4 Å². The molecule has 0 atom stereocenters. The summed E-state index contributed by atoms with van der Waals surface area (Å²) in [5, 5.41) is 3.38. The molecule has 0 bridgehead atoms. The molecule has 0 spiro atoms. The molecule has 0 saturated carbocycles. The Bertz CT molecular complexity index is 830. The molecule has 5 heteroatoms. The number of hydrogen-bond acceptors (Lipinski definition) is 2. The van der Waals surface area contributed by atoms with Gasteiger partial charge in [0.05, 0.1) is 16.3 Å². The lowest BCUT2D eigenvalue weighted by Crippen LogP contribution is -2.39. The summed E-state index contributed by atoms with van der Waals surface area (Å²) in [4.78, 5) is 26.5. The molecule has 4 nitrogen and oxygen atoms in total. The van der Waals surface area contributed by atoms with Crippen LogP contribution in [0, 0.1) is 0 Å². The molecule has 4 rings (SSSR count). The number of carbonyl (C=O) groups is 2. The minimum Gasteiger partial charge on any atom is -0.322 e. The minimum atomic E-state index is -0.215. The summed E-state index contributed by atoms with van der Waals surface area (Å²) in [6.07, 6.45) is 3.16. The summed E-state index contributed by atoms with van der Waals surface area (Å²) in [5.74, 6) is -0.0106. The van der Waals surface area contributed by atoms with E-state index in [4.69, 9.17) is 11.6 Å². The van der Waals surface area contributed by atoms with Crippen LogP contribution in [0.5, 0.6) is 0 Å². The Balaban J connectivity index is 1.67. The number of aryl methyl sites for hydroxylation is 2. The lowest BCUT2D eigenvalue weighted by Gasteiger charge is -2.35. The average Bonchev–Trinajstić information content (AvgIpc) is 2.58. The summed E-state index contributed by atoms with van der Waals surface area (Å²) >= 11 is 6.10. The van der Waals surface area contributed by atoms with Gasteiger partial charge >= 0.3 is 0 Å². The van der Waals surface area contributed by atoms with Crippen molar-refractivity contribution in [3.8, 4) is 0 Å². The van der Waals surface area contributed by atoms with Gasteiger partial charge < -0.3 is 10.2 Å². The first-order valence-corrected chi connectivity index (χ1v) is 8.53. The number of hydrogen-bond donors (Lipinski definition) is 1. The van der Waals surface area contributed by atoms with Gasteiger partial charge in [-0.05, 0) is 54.7 Å². The smallest absolute Gasteiger partial charge is 0.257 e. The van der Waals surface area contributed by atoms with E-state index in [0.29, 0.717) is 17.0 Å². The maximum Gasteiger partial charge on any atom is 0.257 e. The van der Waals surface area contributed by atoms with Crippen LogP contribution in [0.25, 0.3) is 0 Å². The highest BCUT2D eigenvalue weighted by atomic mass is 35.5. The Labute approximate surface area is 145 Å². The van der Waals surface area contributed by atoms with Crippen LogP contribution in [-0.2, 0) is 17.6 Å². The van der Waals surface area contributed by atoms with Crippen molar-refractivity contribution in [2.45, 2.75) is 25.7 Å². The molecule has 0 fully saturated rings. The fraction of sp³-hybridized carbons (Fsp3) is 0.263. The van der Waals surface area contributed by atoms with E-state index in [2.05, 4.69) is 5.32 Å². The van der Waals surface area contributed by atoms with Crippen molar-refractivity contribution in [2.24, 2.45) is 0 Å². The summed E-state index contributed by atoms with van der Waals surface area (Å²) in [6, 6.07) is 11.0. The number of nitrogens with one attached hydrogen (secondary N) is 1. The van der Waals surface area contributed by atoms with Crippen molar-refractivity contribution < 1.29 is 9.59 Å². The Morgan fingerprint density at radius 3 is 2.62 bits per heavy atom. The van der Waals surface area contributed by atoms with Crippen LogP contribution < -0.4 is 10.2 Å². The van der Waals surface area contributed by atoms with Crippen LogP contribution in [0.2, 0.25) is 5.02 Å². The Morgan fingerprint density at radius 1 is 1.08 bits per heavy atom. The molecule has 2 aliphatic heterocycles. The second-order valence-electron chi connectivity index (χ2n) is 6.23. The van der Waals surface area contributed by atoms with E-state index in [1.54, 1.807) is 24.3 Å². The van der Waals surface area contributed by atoms with Gasteiger partial charge in [0, 0.05) is 18.7 Å². The molecule has 0 saturated heterocycles. The molecule has 2 aromatic rings. The molecule has 24 heavy (non-hydrogen) atoms. The van der Waals surface area contributed by atoms with Crippen LogP contribution in [-0.4, -0.2) is 18.4 Å². The highest BCUT2D eigenvalue weighted by Gasteiger charge is 2.29. The lowest BCUT2D eigenvalue weighted by atomic mass is 9.91. The molecular formula is C19H17ClN2O2. The number of carbonyl (C=O) groups excluding carboxylic acids is 2. The molecule has 2 aliphatic rings. The number of amides is 2. The van der Waals surface area contributed by atoms with E-state index in [1.807, 2.05) is 17.0 Å². The predicted molar refractivity (Wildman–Crippen MR) is 94.8 cm³/mol. The largest absolute Gasteiger partial charge is 0.322 e. The zero-order chi connectivity index (χ0) is 16.7. The van der Waals surface area contributed by atoms with Crippen molar-refractivity contribution in [1.29, 1.82) is 0 Å². The van der Waals surface area contributed by atoms with Crippen molar-refractivity contribution in [3.63, 3.8) is 0 Å². The number of anilines is 2. The van der Waals surface area contributed by atoms with E-state index in [9.17, 15) is 9.59 Å². The predicted octanol–water partition coefficient (Wildman–Crippen LogP) is 3.82. The first-order valence-electron chi connectivity index (χ1n) is 8.15. The summed E-state index contributed by atoms with van der Waals surface area (Å²) < 4.78 is 0. The normalized spacial score (nSPS) is 15.9. The third-order valence-electron chi connectivity index (χ3n) is 4.65. The minimum absolute atomic E-state index is 0.205. The van der Waals surface area contributed by atoms with Gasteiger partial charge in [-0.1, -0.05) is 23.7 Å². The molecule has 1 N–H and O–H groups in total. The molecule has 0 aromatic heterocycles. The van der Waals surface area contributed by atoms with Crippen LogP contribution in [0.3, 0.4) is 0 Å². The molecular weight excluding hydrogens is 324 g/mol. The number of rotatable bonds is 2. The molecule has 2 heterocycles. The molecule has 2 aromatic carbocycles. The van der Waals surface area contributed by atoms with Crippen LogP contribution >= 0.6 is 11.6 Å². The molecule has 0 radical (unpaired) electrons. The van der Waals surface area contributed by atoms with Gasteiger partial charge in [-0.2, -0.15) is 0 Å². The monoisotopic (exact) mass is 340 g/mol. The molecule has 2 amide bonds. The van der Waals surface area contributed by atoms with Crippen molar-refractivity contribution in [1.82, 2.24) is 0 Å². The van der Waals surface area contributed by atoms with E-state index >= 15 is 0 Å². The van der Waals surface area contributed by atoms with Crippen LogP contribution in [0.1, 0.15) is 34.3 Å². The second-order valence-corrected chi connectivity index (χ2v) is 6.63. The molecule has 122 valence electrons. The maximum atomic E-state index is 12.5. The van der Waals surface area contributed by atoms with Gasteiger partial charge in [0.2, 0.25) is 5.91 Å². The Hall–Kier alpha value is -2.33. The highest BCUT2D eigenvalue weighted by molar-refractivity contribution is 6.34. The van der Waals surface area contributed by atoms with Gasteiger partial charge in [0.1, 0.15) is 0 Å². The maximum absolute atomic E-state index is 12.5. The van der Waals surface area contributed by atoms with E-state index < -0.39 is 0 Å². The first kappa shape index (κ1) is 15.2.